The van der Waals surface area contributed by atoms with Gasteiger partial charge in [-0.15, -0.1) is 0 Å². The Kier molecular flexibility index (Phi) is 13.7. The number of fused-ring (bicyclic) bond motifs is 3. The van der Waals surface area contributed by atoms with E-state index in [2.05, 4.69) is 76.2 Å². The molecule has 0 nitrogen and oxygen atoms in total. The first-order valence-electron chi connectivity index (χ1n) is 18.1. The van der Waals surface area contributed by atoms with Crippen molar-refractivity contribution in [2.24, 2.45) is 0 Å². The van der Waals surface area contributed by atoms with E-state index < -0.39 is 0 Å². The summed E-state index contributed by atoms with van der Waals surface area (Å²) in [6.07, 6.45) is 26.0. The number of benzene rings is 4. The summed E-state index contributed by atoms with van der Waals surface area (Å²) in [5, 5.41) is 9.55. The third-order valence-electron chi connectivity index (χ3n) is 9.73. The Morgan fingerprint density at radius 1 is 0.310 bits per heavy atom. The maximum atomic E-state index is 2.47. The normalized spacial score (nSPS) is 11.8. The summed E-state index contributed by atoms with van der Waals surface area (Å²) in [5.41, 5.74) is 6.67. The lowest BCUT2D eigenvalue weighted by atomic mass is 9.79. The third-order valence-corrected chi connectivity index (χ3v) is 9.73. The van der Waals surface area contributed by atoms with E-state index in [1.807, 2.05) is 0 Å². The number of unbranched alkanes of at least 4 members (excludes halogenated alkanes) is 12. The van der Waals surface area contributed by atoms with Gasteiger partial charge < -0.3 is 0 Å². The number of hydrogen-bond acceptors (Lipinski definition) is 0. The highest BCUT2D eigenvalue weighted by Crippen LogP contribution is 2.43. The van der Waals surface area contributed by atoms with E-state index >= 15 is 0 Å². The van der Waals surface area contributed by atoms with Gasteiger partial charge >= 0.3 is 0 Å². The third kappa shape index (κ3) is 7.98. The lowest BCUT2D eigenvalue weighted by Gasteiger charge is -2.25. The molecule has 0 atom stereocenters. The molecule has 0 spiro atoms. The number of aryl methyl sites for hydroxylation is 4. The predicted molar refractivity (Wildman–Crippen MR) is 190 cm³/mol. The Morgan fingerprint density at radius 2 is 0.548 bits per heavy atom. The topological polar surface area (TPSA) is 0 Å². The average Bonchev–Trinajstić information content (AvgIpc) is 3.02. The fraction of sp³-hybridized carbons (Fsp3) is 0.571. The van der Waals surface area contributed by atoms with Crippen molar-refractivity contribution in [3.8, 4) is 0 Å². The standard InChI is InChI=1S/C42H60/c1-5-9-13-17-29-37-33-25-21-22-26-34(33)39(31-19-15-11-7-3)42-40(32-20-16-12-8-4)36-28-24-23-27-35(36)38(41(37)42)30-18-14-10-6-2/h21-28H,5-20,29-32H2,1-4H3. The Hall–Kier alpha value is -2.34. The van der Waals surface area contributed by atoms with E-state index in [0.717, 1.165) is 0 Å². The molecule has 0 heterocycles. The van der Waals surface area contributed by atoms with Crippen LogP contribution in [0.4, 0.5) is 0 Å². The lowest BCUT2D eigenvalue weighted by Crippen LogP contribution is -2.05. The first kappa shape index (κ1) is 32.6. The molecule has 0 saturated carbocycles. The van der Waals surface area contributed by atoms with Gasteiger partial charge in [0.2, 0.25) is 0 Å². The van der Waals surface area contributed by atoms with E-state index in [4.69, 9.17) is 0 Å². The molecule has 0 heteroatoms. The van der Waals surface area contributed by atoms with E-state index in [1.165, 1.54) is 128 Å². The molecule has 0 bridgehead atoms. The lowest BCUT2D eigenvalue weighted by molar-refractivity contribution is 0.663. The van der Waals surface area contributed by atoms with Crippen molar-refractivity contribution in [3.63, 3.8) is 0 Å². The highest BCUT2D eigenvalue weighted by atomic mass is 14.3. The molecule has 0 aliphatic rings. The molecule has 0 fully saturated rings. The molecule has 4 rings (SSSR count). The Bertz CT molecular complexity index is 1170. The summed E-state index contributed by atoms with van der Waals surface area (Å²) in [7, 11) is 0. The predicted octanol–water partition coefficient (Wildman–Crippen LogP) is 13.6. The minimum atomic E-state index is 1.21. The summed E-state index contributed by atoms with van der Waals surface area (Å²) in [5.74, 6) is 0. The zero-order chi connectivity index (χ0) is 29.6. The second-order valence-electron chi connectivity index (χ2n) is 13.0. The van der Waals surface area contributed by atoms with Crippen LogP contribution in [0.3, 0.4) is 0 Å². The minimum Gasteiger partial charge on any atom is -0.0654 e. The van der Waals surface area contributed by atoms with E-state index in [-0.39, 0.29) is 0 Å². The van der Waals surface area contributed by atoms with Crippen LogP contribution in [0.1, 0.15) is 153 Å². The van der Waals surface area contributed by atoms with Gasteiger partial charge in [-0.1, -0.05) is 153 Å². The first-order valence-corrected chi connectivity index (χ1v) is 18.1. The van der Waals surface area contributed by atoms with Gasteiger partial charge in [-0.3, -0.25) is 0 Å². The van der Waals surface area contributed by atoms with Crippen molar-refractivity contribution in [3.05, 3.63) is 70.8 Å². The smallest absolute Gasteiger partial charge is 0.0101 e. The SMILES string of the molecule is CCCCCCc1c2ccccc2c(CCCCCC)c2c(CCCCCC)c3ccccc3c(CCCCCC)c12. The van der Waals surface area contributed by atoms with Gasteiger partial charge in [0.25, 0.3) is 0 Å². The van der Waals surface area contributed by atoms with E-state index in [9.17, 15) is 0 Å². The molecule has 0 amide bonds. The van der Waals surface area contributed by atoms with Crippen molar-refractivity contribution in [2.75, 3.05) is 0 Å². The molecule has 0 saturated heterocycles. The van der Waals surface area contributed by atoms with Gasteiger partial charge in [0, 0.05) is 0 Å². The summed E-state index contributed by atoms with van der Waals surface area (Å²) < 4.78 is 0. The van der Waals surface area contributed by atoms with Crippen LogP contribution in [0.25, 0.3) is 32.3 Å². The van der Waals surface area contributed by atoms with Gasteiger partial charge in [-0.25, -0.2) is 0 Å². The van der Waals surface area contributed by atoms with Crippen LogP contribution >= 0.6 is 0 Å². The largest absolute Gasteiger partial charge is 0.0654 e. The second-order valence-corrected chi connectivity index (χ2v) is 13.0. The molecule has 4 aromatic carbocycles. The minimum absolute atomic E-state index is 1.21. The van der Waals surface area contributed by atoms with Gasteiger partial charge in [0.1, 0.15) is 0 Å². The van der Waals surface area contributed by atoms with Crippen molar-refractivity contribution >= 4 is 32.3 Å². The summed E-state index contributed by atoms with van der Waals surface area (Å²) >= 11 is 0. The number of rotatable bonds is 20. The highest BCUT2D eigenvalue weighted by Gasteiger charge is 2.22. The van der Waals surface area contributed by atoms with Gasteiger partial charge in [-0.05, 0) is 106 Å². The summed E-state index contributed by atoms with van der Waals surface area (Å²) in [6, 6.07) is 19.1. The van der Waals surface area contributed by atoms with Crippen LogP contribution in [0.15, 0.2) is 48.5 Å². The molecular formula is C42H60. The molecule has 0 radical (unpaired) electrons. The highest BCUT2D eigenvalue weighted by molar-refractivity contribution is 6.15. The van der Waals surface area contributed by atoms with Crippen molar-refractivity contribution in [1.82, 2.24) is 0 Å². The number of hydrogen-bond donors (Lipinski definition) is 0. The van der Waals surface area contributed by atoms with Crippen LogP contribution in [0, 0.1) is 0 Å². The van der Waals surface area contributed by atoms with Crippen LogP contribution in [0.5, 0.6) is 0 Å². The van der Waals surface area contributed by atoms with Crippen molar-refractivity contribution in [2.45, 2.75) is 156 Å². The Balaban J connectivity index is 2.05. The first-order chi connectivity index (χ1) is 20.8. The average molecular weight is 565 g/mol. The zero-order valence-electron chi connectivity index (χ0n) is 27.8. The molecule has 228 valence electrons. The molecule has 42 heavy (non-hydrogen) atoms. The maximum absolute atomic E-state index is 2.47. The monoisotopic (exact) mass is 564 g/mol. The summed E-state index contributed by atoms with van der Waals surface area (Å²) in [4.78, 5) is 0. The second kappa shape index (κ2) is 17.7. The molecule has 0 unspecified atom stereocenters. The van der Waals surface area contributed by atoms with Crippen LogP contribution in [-0.2, 0) is 25.7 Å². The fourth-order valence-corrected chi connectivity index (χ4v) is 7.48. The van der Waals surface area contributed by atoms with Gasteiger partial charge in [0.05, 0.1) is 0 Å². The Labute approximate surface area is 258 Å². The molecule has 0 aromatic heterocycles. The quantitative estimate of drug-likeness (QED) is 0.0739. The molecule has 0 aliphatic heterocycles. The van der Waals surface area contributed by atoms with Gasteiger partial charge in [0.15, 0.2) is 0 Å². The van der Waals surface area contributed by atoms with Crippen LogP contribution < -0.4 is 0 Å². The van der Waals surface area contributed by atoms with E-state index in [0.29, 0.717) is 0 Å². The van der Waals surface area contributed by atoms with Crippen LogP contribution in [-0.4, -0.2) is 0 Å². The van der Waals surface area contributed by atoms with E-state index in [1.54, 1.807) is 54.6 Å². The van der Waals surface area contributed by atoms with Crippen LogP contribution in [0.2, 0.25) is 0 Å². The van der Waals surface area contributed by atoms with Crippen molar-refractivity contribution in [1.29, 1.82) is 0 Å². The zero-order valence-corrected chi connectivity index (χ0v) is 27.8. The summed E-state index contributed by atoms with van der Waals surface area (Å²) in [6.45, 7) is 9.35. The molecule has 0 aliphatic carbocycles. The maximum Gasteiger partial charge on any atom is -0.0101 e. The molecule has 0 N–H and O–H groups in total. The Morgan fingerprint density at radius 3 is 0.762 bits per heavy atom. The van der Waals surface area contributed by atoms with Crippen molar-refractivity contribution < 1.29 is 0 Å². The fourth-order valence-electron chi connectivity index (χ4n) is 7.48. The molecule has 4 aromatic rings. The molecular weight excluding hydrogens is 504 g/mol. The van der Waals surface area contributed by atoms with Gasteiger partial charge in [-0.2, -0.15) is 0 Å².